The molecule has 0 aromatic heterocycles. The fourth-order valence-corrected chi connectivity index (χ4v) is 3.45. The van der Waals surface area contributed by atoms with Gasteiger partial charge in [-0.15, -0.1) is 0 Å². The first-order chi connectivity index (χ1) is 10.2. The van der Waals surface area contributed by atoms with E-state index in [2.05, 4.69) is 0 Å². The van der Waals surface area contributed by atoms with E-state index in [-0.39, 0.29) is 19.0 Å². The standard InChI is InChI=1S/C14H17FN2O3S/c15-12-7-10(17-8-11(9-18)20-14(17)19)1-2-13(12)16-3-5-21-6-4-16/h1-2,7,11,18H,3-6,8-9H2. The second-order valence-electron chi connectivity index (χ2n) is 5.03. The van der Waals surface area contributed by atoms with Crippen LogP contribution < -0.4 is 9.80 Å². The molecule has 1 atom stereocenters. The van der Waals surface area contributed by atoms with Gasteiger partial charge in [0.1, 0.15) is 11.9 Å². The van der Waals surface area contributed by atoms with Gasteiger partial charge >= 0.3 is 6.09 Å². The highest BCUT2D eigenvalue weighted by molar-refractivity contribution is 7.99. The van der Waals surface area contributed by atoms with Crippen LogP contribution in [-0.2, 0) is 4.74 Å². The molecule has 5 nitrogen and oxygen atoms in total. The van der Waals surface area contributed by atoms with Crippen LogP contribution >= 0.6 is 11.8 Å². The summed E-state index contributed by atoms with van der Waals surface area (Å²) >= 11 is 1.87. The predicted octanol–water partition coefficient (Wildman–Crippen LogP) is 1.70. The fraction of sp³-hybridized carbons (Fsp3) is 0.500. The molecule has 7 heteroatoms. The van der Waals surface area contributed by atoms with Gasteiger partial charge in [-0.2, -0.15) is 11.8 Å². The summed E-state index contributed by atoms with van der Waals surface area (Å²) in [5.41, 5.74) is 1.04. The van der Waals surface area contributed by atoms with Crippen molar-refractivity contribution in [2.45, 2.75) is 6.10 Å². The van der Waals surface area contributed by atoms with Crippen molar-refractivity contribution in [2.24, 2.45) is 0 Å². The number of rotatable bonds is 3. The van der Waals surface area contributed by atoms with E-state index in [0.717, 1.165) is 24.6 Å². The zero-order chi connectivity index (χ0) is 14.8. The third kappa shape index (κ3) is 2.94. The van der Waals surface area contributed by atoms with Crippen LogP contribution in [0.3, 0.4) is 0 Å². The first-order valence-electron chi connectivity index (χ1n) is 6.90. The summed E-state index contributed by atoms with van der Waals surface area (Å²) < 4.78 is 19.3. The Morgan fingerprint density at radius 3 is 2.76 bits per heavy atom. The minimum atomic E-state index is -0.546. The number of thioether (sulfide) groups is 1. The molecule has 0 saturated carbocycles. The molecule has 1 unspecified atom stereocenters. The zero-order valence-electron chi connectivity index (χ0n) is 11.5. The van der Waals surface area contributed by atoms with E-state index >= 15 is 0 Å². The van der Waals surface area contributed by atoms with E-state index in [4.69, 9.17) is 9.84 Å². The van der Waals surface area contributed by atoms with Gasteiger partial charge in [-0.25, -0.2) is 9.18 Å². The van der Waals surface area contributed by atoms with Crippen LogP contribution in [0.25, 0.3) is 0 Å². The van der Waals surface area contributed by atoms with Gasteiger partial charge in [-0.3, -0.25) is 4.90 Å². The van der Waals surface area contributed by atoms with E-state index in [1.807, 2.05) is 16.7 Å². The topological polar surface area (TPSA) is 53.0 Å². The van der Waals surface area contributed by atoms with Crippen molar-refractivity contribution in [1.29, 1.82) is 0 Å². The van der Waals surface area contributed by atoms with Gasteiger partial charge in [0.2, 0.25) is 0 Å². The van der Waals surface area contributed by atoms with Crippen molar-refractivity contribution < 1.29 is 19.0 Å². The van der Waals surface area contributed by atoms with Gasteiger partial charge in [0.25, 0.3) is 0 Å². The number of nitrogens with zero attached hydrogens (tertiary/aromatic N) is 2. The number of hydrogen-bond acceptors (Lipinski definition) is 5. The first-order valence-corrected chi connectivity index (χ1v) is 8.06. The van der Waals surface area contributed by atoms with Gasteiger partial charge in [-0.05, 0) is 18.2 Å². The minimum absolute atomic E-state index is 0.228. The number of aliphatic hydroxyl groups is 1. The van der Waals surface area contributed by atoms with E-state index in [0.29, 0.717) is 11.4 Å². The molecule has 21 heavy (non-hydrogen) atoms. The summed E-state index contributed by atoms with van der Waals surface area (Å²) in [6.45, 7) is 1.68. The van der Waals surface area contributed by atoms with Crippen molar-refractivity contribution in [1.82, 2.24) is 0 Å². The Balaban J connectivity index is 1.79. The SMILES string of the molecule is O=C1OC(CO)CN1c1ccc(N2CCSCC2)c(F)c1. The van der Waals surface area contributed by atoms with E-state index in [1.54, 1.807) is 12.1 Å². The molecule has 3 rings (SSSR count). The number of carbonyl (C=O) groups excluding carboxylic acids is 1. The molecule has 0 radical (unpaired) electrons. The first kappa shape index (κ1) is 14.5. The number of anilines is 2. The molecule has 2 aliphatic rings. The van der Waals surface area contributed by atoms with Crippen LogP contribution in [0.1, 0.15) is 0 Å². The summed E-state index contributed by atoms with van der Waals surface area (Å²) in [6, 6.07) is 4.79. The highest BCUT2D eigenvalue weighted by atomic mass is 32.2. The monoisotopic (exact) mass is 312 g/mol. The van der Waals surface area contributed by atoms with Crippen LogP contribution in [0.2, 0.25) is 0 Å². The molecule has 2 aliphatic heterocycles. The number of ether oxygens (including phenoxy) is 1. The van der Waals surface area contributed by atoms with Crippen LogP contribution in [0, 0.1) is 5.82 Å². The molecule has 1 amide bonds. The Bertz CT molecular complexity index is 537. The van der Waals surface area contributed by atoms with Crippen LogP contribution in [-0.4, -0.2) is 55.1 Å². The molecular formula is C14H17FN2O3S. The Kier molecular flexibility index (Phi) is 4.21. The summed E-state index contributed by atoms with van der Waals surface area (Å²) in [4.78, 5) is 15.1. The number of aliphatic hydroxyl groups excluding tert-OH is 1. The molecule has 1 aromatic rings. The number of halogens is 1. The quantitative estimate of drug-likeness (QED) is 0.920. The molecule has 2 saturated heterocycles. The molecule has 0 spiro atoms. The Morgan fingerprint density at radius 1 is 1.38 bits per heavy atom. The maximum absolute atomic E-state index is 14.3. The predicted molar refractivity (Wildman–Crippen MR) is 80.6 cm³/mol. The summed E-state index contributed by atoms with van der Waals surface area (Å²) in [7, 11) is 0. The Hall–Kier alpha value is -1.47. The van der Waals surface area contributed by atoms with Gasteiger partial charge < -0.3 is 14.7 Å². The molecule has 0 aliphatic carbocycles. The molecular weight excluding hydrogens is 295 g/mol. The minimum Gasteiger partial charge on any atom is -0.441 e. The maximum atomic E-state index is 14.3. The van der Waals surface area contributed by atoms with E-state index in [9.17, 15) is 9.18 Å². The number of carbonyl (C=O) groups is 1. The third-order valence-corrected chi connectivity index (χ3v) is 4.61. The average Bonchev–Trinajstić information content (AvgIpc) is 2.89. The third-order valence-electron chi connectivity index (χ3n) is 3.67. The highest BCUT2D eigenvalue weighted by Crippen LogP contribution is 2.29. The van der Waals surface area contributed by atoms with Crippen molar-refractivity contribution >= 4 is 29.2 Å². The van der Waals surface area contributed by atoms with Crippen LogP contribution in [0.15, 0.2) is 18.2 Å². The maximum Gasteiger partial charge on any atom is 0.414 e. The van der Waals surface area contributed by atoms with Crippen molar-refractivity contribution in [2.75, 3.05) is 47.5 Å². The number of benzene rings is 1. The number of hydrogen-bond donors (Lipinski definition) is 1. The lowest BCUT2D eigenvalue weighted by Crippen LogP contribution is -2.33. The highest BCUT2D eigenvalue weighted by Gasteiger charge is 2.32. The number of amides is 1. The smallest absolute Gasteiger partial charge is 0.414 e. The molecule has 1 N–H and O–H groups in total. The second-order valence-corrected chi connectivity index (χ2v) is 6.26. The van der Waals surface area contributed by atoms with Crippen molar-refractivity contribution in [3.05, 3.63) is 24.0 Å². The Morgan fingerprint density at radius 2 is 2.14 bits per heavy atom. The van der Waals surface area contributed by atoms with Gasteiger partial charge in [0.15, 0.2) is 0 Å². The summed E-state index contributed by atoms with van der Waals surface area (Å²) in [5, 5.41) is 9.03. The molecule has 2 heterocycles. The Labute approximate surface area is 126 Å². The lowest BCUT2D eigenvalue weighted by atomic mass is 10.2. The van der Waals surface area contributed by atoms with Crippen LogP contribution in [0.5, 0.6) is 0 Å². The van der Waals surface area contributed by atoms with Gasteiger partial charge in [0, 0.05) is 24.6 Å². The van der Waals surface area contributed by atoms with Gasteiger partial charge in [0.05, 0.1) is 24.5 Å². The van der Waals surface area contributed by atoms with E-state index < -0.39 is 12.2 Å². The molecule has 0 bridgehead atoms. The lowest BCUT2D eigenvalue weighted by molar-refractivity contribution is 0.0963. The normalized spacial score (nSPS) is 22.6. The average molecular weight is 312 g/mol. The molecule has 114 valence electrons. The van der Waals surface area contributed by atoms with E-state index in [1.165, 1.54) is 11.0 Å². The van der Waals surface area contributed by atoms with Crippen molar-refractivity contribution in [3.63, 3.8) is 0 Å². The molecule has 1 aromatic carbocycles. The zero-order valence-corrected chi connectivity index (χ0v) is 12.3. The van der Waals surface area contributed by atoms with Gasteiger partial charge in [-0.1, -0.05) is 0 Å². The molecule has 2 fully saturated rings. The lowest BCUT2D eigenvalue weighted by Gasteiger charge is -2.29. The number of cyclic esters (lactones) is 1. The van der Waals surface area contributed by atoms with Crippen LogP contribution in [0.4, 0.5) is 20.6 Å². The second kappa shape index (κ2) is 6.11. The fourth-order valence-electron chi connectivity index (χ4n) is 2.55. The summed E-state index contributed by atoms with van der Waals surface area (Å²) in [6.07, 6.45) is -1.09. The summed E-state index contributed by atoms with van der Waals surface area (Å²) in [5.74, 6) is 1.66. The van der Waals surface area contributed by atoms with Crippen molar-refractivity contribution in [3.8, 4) is 0 Å². The largest absolute Gasteiger partial charge is 0.441 e.